The van der Waals surface area contributed by atoms with Gasteiger partial charge in [0, 0.05) is 0 Å². The van der Waals surface area contributed by atoms with Crippen LogP contribution in [0.5, 0.6) is 0 Å². The number of H-pyrrole nitrogens is 2. The summed E-state index contributed by atoms with van der Waals surface area (Å²) >= 11 is 0. The molecule has 6 heteroatoms. The van der Waals surface area contributed by atoms with Crippen LogP contribution in [0.1, 0.15) is 19.3 Å². The molecule has 2 N–H and O–H groups in total. The van der Waals surface area contributed by atoms with Gasteiger partial charge in [-0.1, -0.05) is 18.2 Å². The first-order chi connectivity index (χ1) is 9.00. The molecule has 1 aromatic rings. The Morgan fingerprint density at radius 3 is 1.58 bits per heavy atom. The maximum atomic E-state index is 11.9. The zero-order valence-corrected chi connectivity index (χ0v) is 10.6. The Labute approximate surface area is 109 Å². The number of hydrogen-bond acceptors (Lipinski definition) is 3. The molecular formula is C13H17N3O3. The van der Waals surface area contributed by atoms with Gasteiger partial charge < -0.3 is 0 Å². The summed E-state index contributed by atoms with van der Waals surface area (Å²) in [6.45, 7) is 10.9. The van der Waals surface area contributed by atoms with Gasteiger partial charge in [-0.05, 0) is 19.3 Å². The second kappa shape index (κ2) is 5.99. The molecule has 0 saturated carbocycles. The van der Waals surface area contributed by atoms with Crippen LogP contribution in [0, 0.1) is 0 Å². The third-order valence-corrected chi connectivity index (χ3v) is 2.89. The summed E-state index contributed by atoms with van der Waals surface area (Å²) in [6, 6.07) is 0. The normalized spacial score (nSPS) is 10.9. The lowest BCUT2D eigenvalue weighted by molar-refractivity contribution is 0.266. The first kappa shape index (κ1) is 14.7. The van der Waals surface area contributed by atoms with Crippen molar-refractivity contribution in [2.45, 2.75) is 24.8 Å². The van der Waals surface area contributed by atoms with Gasteiger partial charge in [0.1, 0.15) is 0 Å². The van der Waals surface area contributed by atoms with Gasteiger partial charge in [-0.2, -0.15) is 0 Å². The van der Waals surface area contributed by atoms with E-state index in [1.807, 2.05) is 0 Å². The molecule has 1 aromatic heterocycles. The highest BCUT2D eigenvalue weighted by molar-refractivity contribution is 5.01. The highest BCUT2D eigenvalue weighted by Crippen LogP contribution is 2.28. The molecule has 0 saturated heterocycles. The monoisotopic (exact) mass is 263 g/mol. The van der Waals surface area contributed by atoms with Gasteiger partial charge in [0.15, 0.2) is 0 Å². The van der Waals surface area contributed by atoms with E-state index in [-0.39, 0.29) is 0 Å². The zero-order chi connectivity index (χ0) is 14.5. The van der Waals surface area contributed by atoms with Crippen LogP contribution in [0.3, 0.4) is 0 Å². The lowest BCUT2D eigenvalue weighted by atomic mass is 9.87. The molecule has 0 bridgehead atoms. The summed E-state index contributed by atoms with van der Waals surface area (Å²) in [4.78, 5) is 39.0. The van der Waals surface area contributed by atoms with Crippen molar-refractivity contribution in [3.8, 4) is 0 Å². The molecule has 0 fully saturated rings. The molecule has 0 spiro atoms. The van der Waals surface area contributed by atoms with Gasteiger partial charge in [-0.3, -0.25) is 9.97 Å². The lowest BCUT2D eigenvalue weighted by Gasteiger charge is -2.31. The Hall–Kier alpha value is -2.37. The molecule has 0 aliphatic heterocycles. The molecule has 0 aromatic carbocycles. The summed E-state index contributed by atoms with van der Waals surface area (Å²) in [5.74, 6) is 0. The Kier molecular flexibility index (Phi) is 4.63. The number of nitrogens with one attached hydrogen (secondary N) is 2. The van der Waals surface area contributed by atoms with Crippen LogP contribution >= 0.6 is 0 Å². The number of aromatic amines is 2. The number of nitrogens with zero attached hydrogens (tertiary/aromatic N) is 1. The van der Waals surface area contributed by atoms with Crippen LogP contribution in [-0.2, 0) is 5.54 Å². The minimum Gasteiger partial charge on any atom is -0.259 e. The molecule has 1 heterocycles. The molecule has 0 atom stereocenters. The summed E-state index contributed by atoms with van der Waals surface area (Å²) in [5, 5.41) is 0. The Bertz CT molecular complexity index is 587. The van der Waals surface area contributed by atoms with Crippen molar-refractivity contribution in [3.63, 3.8) is 0 Å². The third kappa shape index (κ3) is 2.90. The Morgan fingerprint density at radius 2 is 1.26 bits per heavy atom. The van der Waals surface area contributed by atoms with Crippen LogP contribution in [0.4, 0.5) is 0 Å². The van der Waals surface area contributed by atoms with Gasteiger partial charge in [0.25, 0.3) is 0 Å². The molecule has 19 heavy (non-hydrogen) atoms. The fraction of sp³-hybridized carbons (Fsp3) is 0.308. The van der Waals surface area contributed by atoms with E-state index in [0.29, 0.717) is 19.3 Å². The van der Waals surface area contributed by atoms with E-state index in [1.54, 1.807) is 18.2 Å². The van der Waals surface area contributed by atoms with Crippen molar-refractivity contribution in [3.05, 3.63) is 69.4 Å². The quantitative estimate of drug-likeness (QED) is 0.708. The molecule has 6 nitrogen and oxygen atoms in total. The summed E-state index contributed by atoms with van der Waals surface area (Å²) in [7, 11) is 0. The Balaban J connectivity index is 3.64. The van der Waals surface area contributed by atoms with E-state index < -0.39 is 22.6 Å². The van der Waals surface area contributed by atoms with E-state index in [0.717, 1.165) is 4.57 Å². The standard InChI is InChI=1S/C13H17N3O3/c1-4-7-13(8-5-2,9-6-3)16-11(18)14-10(17)15-12(16)19/h4-6H,1-3,7-9H2,(H2,14,15,17,18,19). The van der Waals surface area contributed by atoms with Gasteiger partial charge in [-0.15, -0.1) is 19.7 Å². The summed E-state index contributed by atoms with van der Waals surface area (Å²) < 4.78 is 0.999. The van der Waals surface area contributed by atoms with Crippen molar-refractivity contribution in [1.82, 2.24) is 14.5 Å². The summed E-state index contributed by atoms with van der Waals surface area (Å²) in [5.41, 5.74) is -3.17. The second-order valence-corrected chi connectivity index (χ2v) is 4.23. The average Bonchev–Trinajstić information content (AvgIpc) is 2.28. The smallest absolute Gasteiger partial charge is 0.259 e. The van der Waals surface area contributed by atoms with Gasteiger partial charge in [-0.25, -0.2) is 19.0 Å². The minimum absolute atomic E-state index is 0.375. The van der Waals surface area contributed by atoms with E-state index >= 15 is 0 Å². The van der Waals surface area contributed by atoms with E-state index in [2.05, 4.69) is 29.7 Å². The number of aromatic nitrogens is 3. The fourth-order valence-electron chi connectivity index (χ4n) is 2.19. The average molecular weight is 263 g/mol. The second-order valence-electron chi connectivity index (χ2n) is 4.23. The molecular weight excluding hydrogens is 246 g/mol. The Morgan fingerprint density at radius 1 is 0.895 bits per heavy atom. The van der Waals surface area contributed by atoms with Crippen molar-refractivity contribution in [1.29, 1.82) is 0 Å². The van der Waals surface area contributed by atoms with Crippen LogP contribution in [0.2, 0.25) is 0 Å². The zero-order valence-electron chi connectivity index (χ0n) is 10.6. The van der Waals surface area contributed by atoms with Crippen LogP contribution in [0.25, 0.3) is 0 Å². The number of hydrogen-bond donors (Lipinski definition) is 2. The topological polar surface area (TPSA) is 87.7 Å². The van der Waals surface area contributed by atoms with Crippen molar-refractivity contribution in [2.24, 2.45) is 0 Å². The van der Waals surface area contributed by atoms with E-state index in [1.165, 1.54) is 0 Å². The van der Waals surface area contributed by atoms with Crippen LogP contribution in [0.15, 0.2) is 52.3 Å². The largest absolute Gasteiger partial charge is 0.334 e. The van der Waals surface area contributed by atoms with Crippen LogP contribution in [-0.4, -0.2) is 14.5 Å². The third-order valence-electron chi connectivity index (χ3n) is 2.89. The highest BCUT2D eigenvalue weighted by atomic mass is 16.2. The molecule has 0 radical (unpaired) electrons. The predicted molar refractivity (Wildman–Crippen MR) is 74.4 cm³/mol. The first-order valence-electron chi connectivity index (χ1n) is 5.79. The van der Waals surface area contributed by atoms with Gasteiger partial charge >= 0.3 is 17.1 Å². The molecule has 0 unspecified atom stereocenters. The fourth-order valence-corrected chi connectivity index (χ4v) is 2.19. The van der Waals surface area contributed by atoms with Gasteiger partial charge in [0.05, 0.1) is 5.54 Å². The van der Waals surface area contributed by atoms with Gasteiger partial charge in [0.2, 0.25) is 0 Å². The molecule has 0 amide bonds. The lowest BCUT2D eigenvalue weighted by Crippen LogP contribution is -2.53. The maximum absolute atomic E-state index is 11.9. The van der Waals surface area contributed by atoms with Crippen molar-refractivity contribution < 1.29 is 0 Å². The molecule has 0 aliphatic rings. The molecule has 1 rings (SSSR count). The van der Waals surface area contributed by atoms with E-state index in [4.69, 9.17) is 0 Å². The predicted octanol–water partition coefficient (Wildman–Crippen LogP) is 0.648. The first-order valence-corrected chi connectivity index (χ1v) is 5.79. The SMILES string of the molecule is C=CCC(CC=C)(CC=C)n1c(=O)[nH]c(=O)[nH]c1=O. The number of allylic oxidation sites excluding steroid dienone is 3. The summed E-state index contributed by atoms with van der Waals surface area (Å²) in [6.07, 6.45) is 5.97. The molecule has 0 aliphatic carbocycles. The molecule has 102 valence electrons. The van der Waals surface area contributed by atoms with Crippen LogP contribution < -0.4 is 17.1 Å². The highest BCUT2D eigenvalue weighted by Gasteiger charge is 2.31. The number of rotatable bonds is 7. The van der Waals surface area contributed by atoms with E-state index in [9.17, 15) is 14.4 Å². The maximum Gasteiger partial charge on any atom is 0.334 e. The van der Waals surface area contributed by atoms with Crippen molar-refractivity contribution in [2.75, 3.05) is 0 Å². The minimum atomic E-state index is -0.847. The van der Waals surface area contributed by atoms with Crippen molar-refractivity contribution >= 4 is 0 Å².